The van der Waals surface area contributed by atoms with Crippen LogP contribution in [0.15, 0.2) is 6.20 Å². The fourth-order valence-corrected chi connectivity index (χ4v) is 2.65. The van der Waals surface area contributed by atoms with Crippen molar-refractivity contribution < 1.29 is 9.53 Å². The molecule has 1 unspecified atom stereocenters. The number of ether oxygens (including phenoxy) is 1. The number of carbonyl (C=O) groups is 1. The molecule has 2 heterocycles. The lowest BCUT2D eigenvalue weighted by molar-refractivity contribution is -0.129. The van der Waals surface area contributed by atoms with Crippen LogP contribution in [0.4, 0.5) is 0 Å². The Kier molecular flexibility index (Phi) is 3.75. The van der Waals surface area contributed by atoms with E-state index < -0.39 is 0 Å². The van der Waals surface area contributed by atoms with Crippen LogP contribution in [0.2, 0.25) is 4.47 Å². The number of nitrogens with zero attached hydrogens (tertiary/aromatic N) is 2. The van der Waals surface area contributed by atoms with Crippen LogP contribution in [0.1, 0.15) is 4.88 Å². The Balaban J connectivity index is 2.03. The van der Waals surface area contributed by atoms with Gasteiger partial charge in [0.2, 0.25) is 5.91 Å². The van der Waals surface area contributed by atoms with Crippen LogP contribution < -0.4 is 5.73 Å². The van der Waals surface area contributed by atoms with Gasteiger partial charge in [0, 0.05) is 24.2 Å². The summed E-state index contributed by atoms with van der Waals surface area (Å²) in [5.74, 6) is -0.352. The average molecular weight is 262 g/mol. The van der Waals surface area contributed by atoms with Gasteiger partial charge in [0.15, 0.2) is 4.47 Å². The number of primary amides is 1. The van der Waals surface area contributed by atoms with Crippen LogP contribution in [0.3, 0.4) is 0 Å². The molecule has 1 fully saturated rings. The van der Waals surface area contributed by atoms with Gasteiger partial charge in [-0.2, -0.15) is 0 Å². The molecule has 1 aromatic rings. The highest BCUT2D eigenvalue weighted by Gasteiger charge is 2.27. The molecule has 1 atom stereocenters. The van der Waals surface area contributed by atoms with Crippen molar-refractivity contribution >= 4 is 28.8 Å². The summed E-state index contributed by atoms with van der Waals surface area (Å²) in [6, 6.07) is -0.352. The van der Waals surface area contributed by atoms with Crippen LogP contribution in [-0.2, 0) is 16.1 Å². The average Bonchev–Trinajstić information content (AvgIpc) is 2.64. The topological polar surface area (TPSA) is 68.5 Å². The number of hydrogen-bond donors (Lipinski definition) is 1. The van der Waals surface area contributed by atoms with E-state index in [-0.39, 0.29) is 11.9 Å². The Morgan fingerprint density at radius 1 is 1.81 bits per heavy atom. The zero-order valence-corrected chi connectivity index (χ0v) is 10.1. The minimum atomic E-state index is -0.352. The zero-order chi connectivity index (χ0) is 11.5. The van der Waals surface area contributed by atoms with E-state index in [9.17, 15) is 4.79 Å². The molecule has 1 aliphatic rings. The third-order valence-corrected chi connectivity index (χ3v) is 3.55. The molecule has 1 amide bonds. The lowest BCUT2D eigenvalue weighted by Crippen LogP contribution is -2.51. The van der Waals surface area contributed by atoms with E-state index in [1.165, 1.54) is 11.3 Å². The second-order valence-corrected chi connectivity index (χ2v) is 5.24. The number of rotatable bonds is 3. The van der Waals surface area contributed by atoms with Crippen LogP contribution in [0, 0.1) is 0 Å². The van der Waals surface area contributed by atoms with E-state index in [4.69, 9.17) is 22.1 Å². The van der Waals surface area contributed by atoms with Gasteiger partial charge in [0.1, 0.15) is 6.04 Å². The maximum atomic E-state index is 11.2. The molecule has 5 nitrogen and oxygen atoms in total. The number of amides is 1. The number of thiazole rings is 1. The van der Waals surface area contributed by atoms with E-state index in [0.29, 0.717) is 30.8 Å². The van der Waals surface area contributed by atoms with Gasteiger partial charge < -0.3 is 10.5 Å². The summed E-state index contributed by atoms with van der Waals surface area (Å²) in [7, 11) is 0. The van der Waals surface area contributed by atoms with Crippen LogP contribution in [-0.4, -0.2) is 41.6 Å². The van der Waals surface area contributed by atoms with Gasteiger partial charge in [-0.15, -0.1) is 11.3 Å². The minimum Gasteiger partial charge on any atom is -0.378 e. The molecule has 2 rings (SSSR count). The number of aromatic nitrogens is 1. The second-order valence-electron chi connectivity index (χ2n) is 3.54. The predicted octanol–water partition coefficient (Wildman–Crippen LogP) is 0.483. The van der Waals surface area contributed by atoms with Crippen molar-refractivity contribution in [2.75, 3.05) is 19.8 Å². The fourth-order valence-electron chi connectivity index (χ4n) is 1.65. The molecule has 0 bridgehead atoms. The van der Waals surface area contributed by atoms with Crippen molar-refractivity contribution in [3.63, 3.8) is 0 Å². The van der Waals surface area contributed by atoms with Crippen LogP contribution in [0.25, 0.3) is 0 Å². The van der Waals surface area contributed by atoms with Crippen molar-refractivity contribution in [3.05, 3.63) is 15.5 Å². The molecule has 7 heteroatoms. The molecule has 88 valence electrons. The summed E-state index contributed by atoms with van der Waals surface area (Å²) < 4.78 is 5.75. The predicted molar refractivity (Wildman–Crippen MR) is 61.3 cm³/mol. The van der Waals surface area contributed by atoms with Crippen molar-refractivity contribution in [2.24, 2.45) is 5.73 Å². The molecule has 0 aromatic carbocycles. The largest absolute Gasteiger partial charge is 0.378 e. The molecule has 0 spiro atoms. The van der Waals surface area contributed by atoms with Gasteiger partial charge >= 0.3 is 0 Å². The molecule has 1 aliphatic heterocycles. The highest BCUT2D eigenvalue weighted by atomic mass is 35.5. The van der Waals surface area contributed by atoms with Crippen molar-refractivity contribution in [2.45, 2.75) is 12.6 Å². The maximum absolute atomic E-state index is 11.2. The molecular formula is C9H12ClN3O2S. The number of hydrogen-bond acceptors (Lipinski definition) is 5. The lowest BCUT2D eigenvalue weighted by Gasteiger charge is -2.32. The smallest absolute Gasteiger partial charge is 0.237 e. The molecule has 1 saturated heterocycles. The van der Waals surface area contributed by atoms with Crippen LogP contribution in [0.5, 0.6) is 0 Å². The van der Waals surface area contributed by atoms with E-state index in [0.717, 1.165) is 4.88 Å². The summed E-state index contributed by atoms with van der Waals surface area (Å²) in [5, 5.41) is 0. The molecule has 0 saturated carbocycles. The number of carbonyl (C=O) groups excluding carboxylic acids is 1. The molecule has 1 aromatic heterocycles. The Labute approximate surface area is 102 Å². The van der Waals surface area contributed by atoms with Gasteiger partial charge in [-0.25, -0.2) is 4.98 Å². The van der Waals surface area contributed by atoms with Gasteiger partial charge in [-0.3, -0.25) is 9.69 Å². The van der Waals surface area contributed by atoms with Gasteiger partial charge in [-0.1, -0.05) is 11.6 Å². The number of nitrogens with two attached hydrogens (primary N) is 1. The summed E-state index contributed by atoms with van der Waals surface area (Å²) in [5.41, 5.74) is 5.32. The van der Waals surface area contributed by atoms with Crippen molar-refractivity contribution in [3.8, 4) is 0 Å². The summed E-state index contributed by atoms with van der Waals surface area (Å²) in [6.45, 7) is 2.32. The molecular weight excluding hydrogens is 250 g/mol. The Morgan fingerprint density at radius 3 is 3.25 bits per heavy atom. The van der Waals surface area contributed by atoms with E-state index in [1.807, 2.05) is 4.90 Å². The van der Waals surface area contributed by atoms with E-state index in [1.54, 1.807) is 6.20 Å². The third kappa shape index (κ3) is 2.70. The highest BCUT2D eigenvalue weighted by molar-refractivity contribution is 7.15. The van der Waals surface area contributed by atoms with Crippen molar-refractivity contribution in [1.82, 2.24) is 9.88 Å². The molecule has 2 N–H and O–H groups in total. The SMILES string of the molecule is NC(=O)C1COCCN1Cc1cnc(Cl)s1. The molecule has 0 radical (unpaired) electrons. The maximum Gasteiger partial charge on any atom is 0.237 e. The number of halogens is 1. The second kappa shape index (κ2) is 5.09. The van der Waals surface area contributed by atoms with E-state index in [2.05, 4.69) is 4.98 Å². The normalized spacial score (nSPS) is 22.2. The first-order valence-electron chi connectivity index (χ1n) is 4.88. The standard InChI is InChI=1S/C9H12ClN3O2S/c10-9-12-3-6(16-9)4-13-1-2-15-5-7(13)8(11)14/h3,7H,1-2,4-5H2,(H2,11,14). The van der Waals surface area contributed by atoms with Gasteiger partial charge in [0.05, 0.1) is 13.2 Å². The lowest BCUT2D eigenvalue weighted by atomic mass is 10.2. The van der Waals surface area contributed by atoms with Gasteiger partial charge in [0.25, 0.3) is 0 Å². The van der Waals surface area contributed by atoms with Crippen molar-refractivity contribution in [1.29, 1.82) is 0 Å². The zero-order valence-electron chi connectivity index (χ0n) is 8.56. The first-order valence-corrected chi connectivity index (χ1v) is 6.07. The highest BCUT2D eigenvalue weighted by Crippen LogP contribution is 2.21. The quantitative estimate of drug-likeness (QED) is 0.860. The molecule has 16 heavy (non-hydrogen) atoms. The summed E-state index contributed by atoms with van der Waals surface area (Å²) in [6.07, 6.45) is 1.72. The summed E-state index contributed by atoms with van der Waals surface area (Å²) >= 11 is 7.16. The van der Waals surface area contributed by atoms with E-state index >= 15 is 0 Å². The van der Waals surface area contributed by atoms with Gasteiger partial charge in [-0.05, 0) is 0 Å². The Morgan fingerprint density at radius 2 is 2.62 bits per heavy atom. The monoisotopic (exact) mass is 261 g/mol. The first kappa shape index (κ1) is 11.8. The third-order valence-electron chi connectivity index (χ3n) is 2.45. The Bertz CT molecular complexity index is 385. The fraction of sp³-hybridized carbons (Fsp3) is 0.556. The Hall–Kier alpha value is -0.690. The number of morpholine rings is 1. The summed E-state index contributed by atoms with van der Waals surface area (Å²) in [4.78, 5) is 18.2. The van der Waals surface area contributed by atoms with Crippen LogP contribution >= 0.6 is 22.9 Å². The first-order chi connectivity index (χ1) is 7.66. The molecule has 0 aliphatic carbocycles. The minimum absolute atomic E-state index is 0.352.